The summed E-state index contributed by atoms with van der Waals surface area (Å²) in [5.74, 6) is 0.672. The molecule has 0 N–H and O–H groups in total. The summed E-state index contributed by atoms with van der Waals surface area (Å²) >= 11 is 0. The van der Waals surface area contributed by atoms with Crippen LogP contribution in [-0.4, -0.2) is 50.9 Å². The molecule has 0 saturated carbocycles. The number of ether oxygens (including phenoxy) is 1. The van der Waals surface area contributed by atoms with Crippen LogP contribution in [-0.2, 0) is 16.1 Å². The molecule has 0 aliphatic carbocycles. The zero-order valence-corrected chi connectivity index (χ0v) is 14.6. The molecule has 1 amide bonds. The van der Waals surface area contributed by atoms with Crippen molar-refractivity contribution >= 4 is 5.91 Å². The summed E-state index contributed by atoms with van der Waals surface area (Å²) < 4.78 is 7.95. The molecule has 0 aromatic carbocycles. The largest absolute Gasteiger partial charge is 0.371 e. The highest BCUT2D eigenvalue weighted by atomic mass is 16.5. The van der Waals surface area contributed by atoms with Crippen LogP contribution in [0.3, 0.4) is 0 Å². The normalized spacial score (nSPS) is 21.8. The Morgan fingerprint density at radius 3 is 2.83 bits per heavy atom. The van der Waals surface area contributed by atoms with Crippen molar-refractivity contribution in [3.8, 4) is 0 Å². The first kappa shape index (κ1) is 17.9. The molecule has 1 saturated heterocycles. The molecule has 1 aliphatic heterocycles. The molecule has 0 spiro atoms. The second-order valence-corrected chi connectivity index (χ2v) is 6.74. The van der Waals surface area contributed by atoms with E-state index in [0.29, 0.717) is 12.3 Å². The number of hydrogen-bond donors (Lipinski definition) is 0. The van der Waals surface area contributed by atoms with Gasteiger partial charge in [-0.15, -0.1) is 0 Å². The molecule has 1 aromatic heterocycles. The number of nitrogens with zero attached hydrogens (tertiary/aromatic N) is 4. The maximum absolute atomic E-state index is 12.5. The number of aryl methyl sites for hydroxylation is 1. The zero-order valence-electron chi connectivity index (χ0n) is 14.6. The molecule has 2 heterocycles. The van der Waals surface area contributed by atoms with Gasteiger partial charge < -0.3 is 9.64 Å². The third-order valence-corrected chi connectivity index (χ3v) is 4.41. The van der Waals surface area contributed by atoms with E-state index in [9.17, 15) is 4.79 Å². The van der Waals surface area contributed by atoms with Gasteiger partial charge in [0.2, 0.25) is 5.91 Å². The van der Waals surface area contributed by atoms with Gasteiger partial charge in [-0.05, 0) is 18.8 Å². The summed E-state index contributed by atoms with van der Waals surface area (Å²) in [5, 5.41) is 4.07. The Morgan fingerprint density at radius 1 is 1.35 bits per heavy atom. The molecule has 6 heteroatoms. The lowest BCUT2D eigenvalue weighted by Crippen LogP contribution is -2.51. The first-order chi connectivity index (χ1) is 11.1. The Kier molecular flexibility index (Phi) is 7.02. The van der Waals surface area contributed by atoms with Gasteiger partial charge in [0.05, 0.1) is 12.2 Å². The Balaban J connectivity index is 1.83. The highest BCUT2D eigenvalue weighted by Crippen LogP contribution is 2.21. The van der Waals surface area contributed by atoms with E-state index < -0.39 is 0 Å². The van der Waals surface area contributed by atoms with Crippen LogP contribution in [0.4, 0.5) is 0 Å². The minimum atomic E-state index is 0.157. The highest BCUT2D eigenvalue weighted by Gasteiger charge is 2.31. The fourth-order valence-electron chi connectivity index (χ4n) is 2.93. The lowest BCUT2D eigenvalue weighted by atomic mass is 10.0. The van der Waals surface area contributed by atoms with Crippen molar-refractivity contribution in [1.29, 1.82) is 0 Å². The van der Waals surface area contributed by atoms with E-state index in [4.69, 9.17) is 4.74 Å². The average Bonchev–Trinajstić information content (AvgIpc) is 3.05. The summed E-state index contributed by atoms with van der Waals surface area (Å²) in [6.45, 7) is 8.73. The predicted molar refractivity (Wildman–Crippen MR) is 88.9 cm³/mol. The van der Waals surface area contributed by atoms with Gasteiger partial charge in [0.25, 0.3) is 0 Å². The molecule has 1 fully saturated rings. The van der Waals surface area contributed by atoms with Crippen molar-refractivity contribution in [3.05, 3.63) is 12.7 Å². The Labute approximate surface area is 139 Å². The maximum atomic E-state index is 12.5. The Morgan fingerprint density at radius 2 is 2.17 bits per heavy atom. The second kappa shape index (κ2) is 9.01. The van der Waals surface area contributed by atoms with Gasteiger partial charge in [0.15, 0.2) is 0 Å². The number of unbranched alkanes of at least 4 members (excludes halogenated alkanes) is 1. The molecule has 0 unspecified atom stereocenters. The SMILES string of the molecule is CCCC[C@@H]1CN(C(=O)CCCn2cncn2)C[C@H](C(C)C)O1. The van der Waals surface area contributed by atoms with Crippen LogP contribution in [0.1, 0.15) is 52.9 Å². The first-order valence-electron chi connectivity index (χ1n) is 8.85. The molecule has 1 aliphatic rings. The number of amides is 1. The smallest absolute Gasteiger partial charge is 0.222 e. The lowest BCUT2D eigenvalue weighted by molar-refractivity contribution is -0.150. The van der Waals surface area contributed by atoms with E-state index in [2.05, 4.69) is 30.9 Å². The second-order valence-electron chi connectivity index (χ2n) is 6.74. The fraction of sp³-hybridized carbons (Fsp3) is 0.824. The molecule has 2 rings (SSSR count). The summed E-state index contributed by atoms with van der Waals surface area (Å²) in [5.41, 5.74) is 0. The van der Waals surface area contributed by atoms with Crippen molar-refractivity contribution < 1.29 is 9.53 Å². The molecule has 1 aromatic rings. The summed E-state index contributed by atoms with van der Waals surface area (Å²) in [4.78, 5) is 18.5. The van der Waals surface area contributed by atoms with Gasteiger partial charge >= 0.3 is 0 Å². The van der Waals surface area contributed by atoms with Crippen LogP contribution in [0.2, 0.25) is 0 Å². The number of aromatic nitrogens is 3. The van der Waals surface area contributed by atoms with Crippen LogP contribution >= 0.6 is 0 Å². The summed E-state index contributed by atoms with van der Waals surface area (Å²) in [7, 11) is 0. The first-order valence-corrected chi connectivity index (χ1v) is 8.85. The van der Waals surface area contributed by atoms with Gasteiger partial charge in [-0.1, -0.05) is 33.6 Å². The minimum Gasteiger partial charge on any atom is -0.371 e. The van der Waals surface area contributed by atoms with Gasteiger partial charge in [-0.2, -0.15) is 5.10 Å². The van der Waals surface area contributed by atoms with E-state index in [1.54, 1.807) is 11.0 Å². The van der Waals surface area contributed by atoms with Crippen molar-refractivity contribution in [3.63, 3.8) is 0 Å². The molecule has 2 atom stereocenters. The summed E-state index contributed by atoms with van der Waals surface area (Å²) in [6, 6.07) is 0. The molecule has 23 heavy (non-hydrogen) atoms. The fourth-order valence-corrected chi connectivity index (χ4v) is 2.93. The highest BCUT2D eigenvalue weighted by molar-refractivity contribution is 5.76. The van der Waals surface area contributed by atoms with Crippen molar-refractivity contribution in [1.82, 2.24) is 19.7 Å². The van der Waals surface area contributed by atoms with Gasteiger partial charge in [0.1, 0.15) is 12.7 Å². The van der Waals surface area contributed by atoms with Crippen LogP contribution in [0.25, 0.3) is 0 Å². The number of carbonyl (C=O) groups excluding carboxylic acids is 1. The van der Waals surface area contributed by atoms with E-state index >= 15 is 0 Å². The van der Waals surface area contributed by atoms with Crippen LogP contribution < -0.4 is 0 Å². The molecule has 130 valence electrons. The van der Waals surface area contributed by atoms with Crippen LogP contribution in [0.15, 0.2) is 12.7 Å². The Hall–Kier alpha value is -1.43. The van der Waals surface area contributed by atoms with Crippen LogP contribution in [0.5, 0.6) is 0 Å². The van der Waals surface area contributed by atoms with Crippen molar-refractivity contribution in [2.45, 2.75) is 71.6 Å². The van der Waals surface area contributed by atoms with E-state index in [1.807, 2.05) is 4.90 Å². The third kappa shape index (κ3) is 5.61. The quantitative estimate of drug-likeness (QED) is 0.738. The molecular formula is C17H30N4O2. The van der Waals surface area contributed by atoms with Gasteiger partial charge in [-0.3, -0.25) is 9.48 Å². The molecule has 0 bridgehead atoms. The number of hydrogen-bond acceptors (Lipinski definition) is 4. The van der Waals surface area contributed by atoms with E-state index in [0.717, 1.165) is 45.3 Å². The Bertz CT molecular complexity index is 461. The van der Waals surface area contributed by atoms with Gasteiger partial charge in [0, 0.05) is 26.1 Å². The van der Waals surface area contributed by atoms with Crippen molar-refractivity contribution in [2.24, 2.45) is 5.92 Å². The average molecular weight is 322 g/mol. The summed E-state index contributed by atoms with van der Waals surface area (Å²) in [6.07, 6.45) is 8.28. The maximum Gasteiger partial charge on any atom is 0.222 e. The monoisotopic (exact) mass is 322 g/mol. The minimum absolute atomic E-state index is 0.157. The van der Waals surface area contributed by atoms with Crippen molar-refractivity contribution in [2.75, 3.05) is 13.1 Å². The standard InChI is InChI=1S/C17H30N4O2/c1-4-5-7-15-10-20(11-16(23-15)14(2)3)17(22)8-6-9-21-13-18-12-19-21/h12-16H,4-11H2,1-3H3/t15-,16-/m1/s1. The van der Waals surface area contributed by atoms with E-state index in [1.165, 1.54) is 6.33 Å². The van der Waals surface area contributed by atoms with E-state index in [-0.39, 0.29) is 18.1 Å². The number of carbonyl (C=O) groups is 1. The third-order valence-electron chi connectivity index (χ3n) is 4.41. The number of morpholine rings is 1. The topological polar surface area (TPSA) is 60.2 Å². The zero-order chi connectivity index (χ0) is 16.7. The molecule has 0 radical (unpaired) electrons. The predicted octanol–water partition coefficient (Wildman–Crippen LogP) is 2.50. The molecule has 6 nitrogen and oxygen atoms in total. The lowest BCUT2D eigenvalue weighted by Gasteiger charge is -2.40. The number of rotatable bonds is 8. The van der Waals surface area contributed by atoms with Crippen LogP contribution in [0, 0.1) is 5.92 Å². The molecular weight excluding hydrogens is 292 g/mol. The van der Waals surface area contributed by atoms with Gasteiger partial charge in [-0.25, -0.2) is 4.98 Å².